The number of hydrogen-bond acceptors (Lipinski definition) is 4. The minimum atomic E-state index is -1.15. The van der Waals surface area contributed by atoms with Gasteiger partial charge in [-0.25, -0.2) is 0 Å². The van der Waals surface area contributed by atoms with Crippen LogP contribution in [0.25, 0.3) is 0 Å². The molecule has 0 unspecified atom stereocenters. The average Bonchev–Trinajstić information content (AvgIpc) is 2.26. The van der Waals surface area contributed by atoms with Crippen LogP contribution in [0, 0.1) is 5.41 Å². The van der Waals surface area contributed by atoms with Gasteiger partial charge < -0.3 is 9.47 Å². The fourth-order valence-corrected chi connectivity index (χ4v) is 1.47. The molecule has 0 spiro atoms. The molecule has 0 aliphatic heterocycles. The third-order valence-electron chi connectivity index (χ3n) is 2.55. The van der Waals surface area contributed by atoms with Crippen molar-refractivity contribution in [2.24, 2.45) is 5.41 Å². The van der Waals surface area contributed by atoms with Gasteiger partial charge in [-0.2, -0.15) is 0 Å². The highest BCUT2D eigenvalue weighted by molar-refractivity contribution is 5.99. The van der Waals surface area contributed by atoms with Crippen LogP contribution in [0.4, 0.5) is 0 Å². The van der Waals surface area contributed by atoms with Crippen LogP contribution in [0.1, 0.15) is 39.5 Å². The lowest BCUT2D eigenvalue weighted by Gasteiger charge is -2.23. The van der Waals surface area contributed by atoms with E-state index in [0.29, 0.717) is 6.42 Å². The van der Waals surface area contributed by atoms with E-state index in [1.807, 2.05) is 0 Å². The van der Waals surface area contributed by atoms with Gasteiger partial charge >= 0.3 is 11.9 Å². The van der Waals surface area contributed by atoms with Crippen LogP contribution < -0.4 is 0 Å². The molecule has 0 rings (SSSR count). The summed E-state index contributed by atoms with van der Waals surface area (Å²) in [6, 6.07) is 0. The SMILES string of the molecule is CCCCCC(C)(C(=O)OC)C(=O)OC. The molecule has 4 nitrogen and oxygen atoms in total. The van der Waals surface area contributed by atoms with Gasteiger partial charge in [-0.1, -0.05) is 26.2 Å². The van der Waals surface area contributed by atoms with Crippen molar-refractivity contribution in [3.8, 4) is 0 Å². The van der Waals surface area contributed by atoms with Crippen molar-refractivity contribution in [3.05, 3.63) is 0 Å². The lowest BCUT2D eigenvalue weighted by Crippen LogP contribution is -2.38. The van der Waals surface area contributed by atoms with Crippen LogP contribution in [0.3, 0.4) is 0 Å². The van der Waals surface area contributed by atoms with Crippen molar-refractivity contribution in [3.63, 3.8) is 0 Å². The fraction of sp³-hybridized carbons (Fsp3) is 0.818. The molecule has 88 valence electrons. The molecule has 0 bridgehead atoms. The summed E-state index contributed by atoms with van der Waals surface area (Å²) in [4.78, 5) is 23.0. The molecule has 0 heterocycles. The smallest absolute Gasteiger partial charge is 0.322 e. The molecular formula is C11H20O4. The van der Waals surface area contributed by atoms with E-state index < -0.39 is 17.4 Å². The first-order valence-electron chi connectivity index (χ1n) is 5.19. The first-order valence-corrected chi connectivity index (χ1v) is 5.19. The third kappa shape index (κ3) is 3.53. The molecule has 0 saturated heterocycles. The van der Waals surface area contributed by atoms with Crippen LogP contribution in [0.5, 0.6) is 0 Å². The Morgan fingerprint density at radius 2 is 1.53 bits per heavy atom. The first-order chi connectivity index (χ1) is 7.02. The predicted octanol–water partition coefficient (Wildman–Crippen LogP) is 1.92. The van der Waals surface area contributed by atoms with Gasteiger partial charge in [0.15, 0.2) is 5.41 Å². The zero-order chi connectivity index (χ0) is 11.9. The second-order valence-corrected chi connectivity index (χ2v) is 3.77. The van der Waals surface area contributed by atoms with Gasteiger partial charge in [0.2, 0.25) is 0 Å². The second-order valence-electron chi connectivity index (χ2n) is 3.77. The number of rotatable bonds is 6. The number of esters is 2. The predicted molar refractivity (Wildman–Crippen MR) is 56.3 cm³/mol. The Bertz CT molecular complexity index is 207. The monoisotopic (exact) mass is 216 g/mol. The number of ether oxygens (including phenoxy) is 2. The highest BCUT2D eigenvalue weighted by atomic mass is 16.5. The molecule has 15 heavy (non-hydrogen) atoms. The maximum absolute atomic E-state index is 11.5. The first kappa shape index (κ1) is 13.9. The van der Waals surface area contributed by atoms with E-state index >= 15 is 0 Å². The average molecular weight is 216 g/mol. The summed E-state index contributed by atoms with van der Waals surface area (Å²) in [5, 5.41) is 0. The van der Waals surface area contributed by atoms with Crippen LogP contribution >= 0.6 is 0 Å². The topological polar surface area (TPSA) is 52.6 Å². The van der Waals surface area contributed by atoms with Gasteiger partial charge in [0.25, 0.3) is 0 Å². The molecule has 0 aliphatic rings. The molecule has 0 aromatic carbocycles. The number of methoxy groups -OCH3 is 2. The van der Waals surface area contributed by atoms with Crippen molar-refractivity contribution in [1.29, 1.82) is 0 Å². The van der Waals surface area contributed by atoms with Gasteiger partial charge in [0.05, 0.1) is 14.2 Å². The summed E-state index contributed by atoms with van der Waals surface area (Å²) in [6.07, 6.45) is 3.32. The number of carbonyl (C=O) groups excluding carboxylic acids is 2. The minimum Gasteiger partial charge on any atom is -0.468 e. The van der Waals surface area contributed by atoms with E-state index in [1.165, 1.54) is 14.2 Å². The van der Waals surface area contributed by atoms with Crippen molar-refractivity contribution in [1.82, 2.24) is 0 Å². The zero-order valence-corrected chi connectivity index (χ0v) is 9.96. The van der Waals surface area contributed by atoms with Crippen LogP contribution in [-0.2, 0) is 19.1 Å². The van der Waals surface area contributed by atoms with Gasteiger partial charge in [-0.05, 0) is 13.3 Å². The third-order valence-corrected chi connectivity index (χ3v) is 2.55. The highest BCUT2D eigenvalue weighted by Gasteiger charge is 2.42. The van der Waals surface area contributed by atoms with Crippen LogP contribution in [0.15, 0.2) is 0 Å². The summed E-state index contributed by atoms with van der Waals surface area (Å²) in [5.74, 6) is -1.05. The van der Waals surface area contributed by atoms with E-state index in [1.54, 1.807) is 6.92 Å². The van der Waals surface area contributed by atoms with Crippen LogP contribution in [-0.4, -0.2) is 26.2 Å². The Labute approximate surface area is 90.9 Å². The van der Waals surface area contributed by atoms with Gasteiger partial charge in [-0.3, -0.25) is 9.59 Å². The molecule has 0 radical (unpaired) electrons. The summed E-state index contributed by atoms with van der Waals surface area (Å²) in [5.41, 5.74) is -1.15. The number of unbranched alkanes of at least 4 members (excludes halogenated alkanes) is 2. The van der Waals surface area contributed by atoms with Gasteiger partial charge in [0.1, 0.15) is 0 Å². The molecule has 0 atom stereocenters. The highest BCUT2D eigenvalue weighted by Crippen LogP contribution is 2.27. The van der Waals surface area contributed by atoms with Crippen molar-refractivity contribution < 1.29 is 19.1 Å². The molecule has 0 N–H and O–H groups in total. The Morgan fingerprint density at radius 3 is 1.87 bits per heavy atom. The van der Waals surface area contributed by atoms with Crippen molar-refractivity contribution >= 4 is 11.9 Å². The molecule has 4 heteroatoms. The Morgan fingerprint density at radius 1 is 1.07 bits per heavy atom. The zero-order valence-electron chi connectivity index (χ0n) is 9.96. The second kappa shape index (κ2) is 6.43. The molecule has 0 aromatic rings. The molecule has 0 saturated carbocycles. The molecular weight excluding hydrogens is 196 g/mol. The largest absolute Gasteiger partial charge is 0.468 e. The van der Waals surface area contributed by atoms with E-state index in [4.69, 9.17) is 0 Å². The molecule has 0 aliphatic carbocycles. The van der Waals surface area contributed by atoms with E-state index in [-0.39, 0.29) is 0 Å². The normalized spacial score (nSPS) is 10.9. The molecule has 0 aromatic heterocycles. The summed E-state index contributed by atoms with van der Waals surface area (Å²) < 4.78 is 9.26. The van der Waals surface area contributed by atoms with Crippen LogP contribution in [0.2, 0.25) is 0 Å². The van der Waals surface area contributed by atoms with Gasteiger partial charge in [0, 0.05) is 0 Å². The standard InChI is InChI=1S/C11H20O4/c1-5-6-7-8-11(2,9(12)14-3)10(13)15-4/h5-8H2,1-4H3. The van der Waals surface area contributed by atoms with E-state index in [2.05, 4.69) is 16.4 Å². The number of carbonyl (C=O) groups is 2. The van der Waals surface area contributed by atoms with Gasteiger partial charge in [-0.15, -0.1) is 0 Å². The quantitative estimate of drug-likeness (QED) is 0.386. The Hall–Kier alpha value is -1.06. The minimum absolute atomic E-state index is 0.472. The lowest BCUT2D eigenvalue weighted by molar-refractivity contribution is -0.168. The Kier molecular flexibility index (Phi) is 5.97. The molecule has 0 amide bonds. The summed E-state index contributed by atoms with van der Waals surface area (Å²) in [7, 11) is 2.56. The van der Waals surface area contributed by atoms with Crippen molar-refractivity contribution in [2.45, 2.75) is 39.5 Å². The van der Waals surface area contributed by atoms with E-state index in [0.717, 1.165) is 19.3 Å². The Balaban J connectivity index is 4.55. The maximum Gasteiger partial charge on any atom is 0.322 e. The van der Waals surface area contributed by atoms with Crippen molar-refractivity contribution in [2.75, 3.05) is 14.2 Å². The summed E-state index contributed by atoms with van der Waals surface area (Å²) in [6.45, 7) is 3.63. The fourth-order valence-electron chi connectivity index (χ4n) is 1.47. The maximum atomic E-state index is 11.5. The molecule has 0 fully saturated rings. The lowest BCUT2D eigenvalue weighted by atomic mass is 9.84. The summed E-state index contributed by atoms with van der Waals surface area (Å²) >= 11 is 0. The number of hydrogen-bond donors (Lipinski definition) is 0. The van der Waals surface area contributed by atoms with E-state index in [9.17, 15) is 9.59 Å².